The molecule has 1 N–H and O–H groups in total. The summed E-state index contributed by atoms with van der Waals surface area (Å²) in [5, 5.41) is 9.69. The molecule has 0 aromatic heterocycles. The van der Waals surface area contributed by atoms with Crippen LogP contribution in [0, 0.1) is 0 Å². The summed E-state index contributed by atoms with van der Waals surface area (Å²) in [6, 6.07) is 0. The van der Waals surface area contributed by atoms with Crippen LogP contribution in [-0.4, -0.2) is 87.4 Å². The average molecular weight is 935 g/mol. The fraction of sp³-hybridized carbons (Fsp3) is 0.877. The van der Waals surface area contributed by atoms with E-state index in [9.17, 15) is 19.5 Å². The van der Waals surface area contributed by atoms with E-state index in [0.717, 1.165) is 44.9 Å². The van der Waals surface area contributed by atoms with E-state index in [1.165, 1.54) is 193 Å². The second-order valence-corrected chi connectivity index (χ2v) is 20.3. The van der Waals surface area contributed by atoms with Crippen LogP contribution in [0.2, 0.25) is 0 Å². The molecular weight excluding hydrogens is 827 g/mol. The standard InChI is InChI=1S/C57H107NO8/c1-6-8-10-12-14-16-18-20-22-24-25-26-27-28-29-30-31-32-34-36-38-40-42-44-46-48-55(60)66-53(52-65-57(56(61)62)63-50-49-58(3,4)5)51-64-54(59)47-45-43-41-39-37-35-33-23-21-19-17-15-13-11-9-7-2/h18,20,24-25,53,57H,6-17,19,21-23,26-52H2,1-5H3/p+1/b20-18-,25-24-. The van der Waals surface area contributed by atoms with Gasteiger partial charge in [0.15, 0.2) is 6.10 Å². The number of esters is 2. The van der Waals surface area contributed by atoms with Crippen LogP contribution in [-0.2, 0) is 33.3 Å². The van der Waals surface area contributed by atoms with Gasteiger partial charge in [-0.15, -0.1) is 0 Å². The van der Waals surface area contributed by atoms with E-state index in [-0.39, 0.29) is 32.2 Å². The molecule has 0 amide bonds. The van der Waals surface area contributed by atoms with Crippen LogP contribution >= 0.6 is 0 Å². The number of aliphatic carboxylic acids is 1. The fourth-order valence-corrected chi connectivity index (χ4v) is 8.10. The molecule has 0 bridgehead atoms. The van der Waals surface area contributed by atoms with Gasteiger partial charge in [0, 0.05) is 12.8 Å². The molecule has 0 aliphatic heterocycles. The Balaban J connectivity index is 4.22. The fourth-order valence-electron chi connectivity index (χ4n) is 8.10. The summed E-state index contributed by atoms with van der Waals surface area (Å²) in [6.07, 6.45) is 53.9. The molecule has 9 heteroatoms. The molecule has 2 unspecified atom stereocenters. The third-order valence-electron chi connectivity index (χ3n) is 12.5. The number of carboxylic acid groups (broad SMARTS) is 1. The molecule has 0 aromatic rings. The summed E-state index contributed by atoms with van der Waals surface area (Å²) in [5.74, 6) is -1.99. The van der Waals surface area contributed by atoms with Crippen molar-refractivity contribution in [1.29, 1.82) is 0 Å². The molecule has 2 atom stereocenters. The maximum atomic E-state index is 12.9. The predicted octanol–water partition coefficient (Wildman–Crippen LogP) is 16.0. The predicted molar refractivity (Wildman–Crippen MR) is 277 cm³/mol. The van der Waals surface area contributed by atoms with Gasteiger partial charge in [-0.2, -0.15) is 0 Å². The van der Waals surface area contributed by atoms with Crippen molar-refractivity contribution in [2.75, 3.05) is 47.5 Å². The Morgan fingerprint density at radius 3 is 1.20 bits per heavy atom. The van der Waals surface area contributed by atoms with Crippen LogP contribution < -0.4 is 0 Å². The highest BCUT2D eigenvalue weighted by atomic mass is 16.7. The van der Waals surface area contributed by atoms with Crippen LogP contribution in [0.1, 0.15) is 264 Å². The molecule has 0 saturated carbocycles. The number of likely N-dealkylation sites (N-methyl/N-ethyl adjacent to an activating group) is 1. The van der Waals surface area contributed by atoms with Gasteiger partial charge in [0.05, 0.1) is 34.4 Å². The Hall–Kier alpha value is -2.23. The molecule has 66 heavy (non-hydrogen) atoms. The van der Waals surface area contributed by atoms with Gasteiger partial charge >= 0.3 is 17.9 Å². The SMILES string of the molecule is CCCCCCC/C=C\C/C=C\CCCCCCCCCCCCCCCC(=O)OC(COC(=O)CCCCCCCCCCCCCCCCCC)COC(OCC[N+](C)(C)C)C(=O)O. The molecular formula is C57H108NO8+. The van der Waals surface area contributed by atoms with Gasteiger partial charge in [-0.25, -0.2) is 4.79 Å². The molecule has 0 spiro atoms. The van der Waals surface area contributed by atoms with Gasteiger partial charge in [-0.05, 0) is 44.9 Å². The van der Waals surface area contributed by atoms with Gasteiger partial charge in [0.2, 0.25) is 0 Å². The number of unbranched alkanes of at least 4 members (excludes halogenated alkanes) is 33. The summed E-state index contributed by atoms with van der Waals surface area (Å²) in [5.41, 5.74) is 0. The van der Waals surface area contributed by atoms with Crippen LogP contribution in [0.15, 0.2) is 24.3 Å². The highest BCUT2D eigenvalue weighted by molar-refractivity contribution is 5.71. The van der Waals surface area contributed by atoms with E-state index in [1.54, 1.807) is 0 Å². The Kier molecular flexibility index (Phi) is 47.5. The molecule has 0 fully saturated rings. The molecule has 0 aromatic carbocycles. The number of rotatable bonds is 52. The van der Waals surface area contributed by atoms with Gasteiger partial charge in [0.25, 0.3) is 6.29 Å². The van der Waals surface area contributed by atoms with E-state index < -0.39 is 24.3 Å². The smallest absolute Gasteiger partial charge is 0.361 e. The number of nitrogens with zero attached hydrogens (tertiary/aromatic N) is 1. The minimum absolute atomic E-state index is 0.177. The zero-order valence-corrected chi connectivity index (χ0v) is 44.1. The summed E-state index contributed by atoms with van der Waals surface area (Å²) >= 11 is 0. The topological polar surface area (TPSA) is 108 Å². The van der Waals surface area contributed by atoms with E-state index in [0.29, 0.717) is 17.4 Å². The molecule has 0 aliphatic carbocycles. The molecule has 9 nitrogen and oxygen atoms in total. The number of hydrogen-bond acceptors (Lipinski definition) is 7. The van der Waals surface area contributed by atoms with Crippen molar-refractivity contribution in [3.05, 3.63) is 24.3 Å². The van der Waals surface area contributed by atoms with Crippen molar-refractivity contribution in [3.63, 3.8) is 0 Å². The third kappa shape index (κ3) is 49.7. The van der Waals surface area contributed by atoms with Gasteiger partial charge in [-0.1, -0.05) is 231 Å². The summed E-state index contributed by atoms with van der Waals surface area (Å²) in [4.78, 5) is 37.3. The van der Waals surface area contributed by atoms with Gasteiger partial charge in [-0.3, -0.25) is 9.59 Å². The summed E-state index contributed by atoms with van der Waals surface area (Å²) in [6.45, 7) is 4.91. The monoisotopic (exact) mass is 935 g/mol. The number of hydrogen-bond donors (Lipinski definition) is 1. The number of carbonyl (C=O) groups excluding carboxylic acids is 2. The zero-order chi connectivity index (χ0) is 48.4. The van der Waals surface area contributed by atoms with Crippen molar-refractivity contribution in [2.45, 2.75) is 277 Å². The second kappa shape index (κ2) is 49.2. The van der Waals surface area contributed by atoms with Crippen LogP contribution in [0.3, 0.4) is 0 Å². The lowest BCUT2D eigenvalue weighted by molar-refractivity contribution is -0.870. The average Bonchev–Trinajstić information content (AvgIpc) is 3.28. The maximum absolute atomic E-state index is 12.9. The Bertz CT molecular complexity index is 1130. The molecule has 0 radical (unpaired) electrons. The minimum Gasteiger partial charge on any atom is -0.477 e. The van der Waals surface area contributed by atoms with Crippen LogP contribution in [0.25, 0.3) is 0 Å². The van der Waals surface area contributed by atoms with Crippen LogP contribution in [0.5, 0.6) is 0 Å². The Morgan fingerprint density at radius 2 is 0.818 bits per heavy atom. The van der Waals surface area contributed by atoms with E-state index in [1.807, 2.05) is 21.1 Å². The largest absolute Gasteiger partial charge is 0.477 e. The molecule has 388 valence electrons. The lowest BCUT2D eigenvalue weighted by Crippen LogP contribution is -2.40. The molecule has 0 rings (SSSR count). The quantitative estimate of drug-likeness (QED) is 0.0211. The number of carbonyl (C=O) groups is 3. The van der Waals surface area contributed by atoms with E-state index in [2.05, 4.69) is 38.2 Å². The Morgan fingerprint density at radius 1 is 0.455 bits per heavy atom. The first kappa shape index (κ1) is 63.8. The first-order valence-electron chi connectivity index (χ1n) is 28.0. The zero-order valence-electron chi connectivity index (χ0n) is 44.1. The van der Waals surface area contributed by atoms with Crippen molar-refractivity contribution in [3.8, 4) is 0 Å². The van der Waals surface area contributed by atoms with E-state index >= 15 is 0 Å². The summed E-state index contributed by atoms with van der Waals surface area (Å²) in [7, 11) is 5.97. The summed E-state index contributed by atoms with van der Waals surface area (Å²) < 4.78 is 22.9. The van der Waals surface area contributed by atoms with E-state index in [4.69, 9.17) is 18.9 Å². The van der Waals surface area contributed by atoms with Crippen LogP contribution in [0.4, 0.5) is 0 Å². The van der Waals surface area contributed by atoms with Crippen molar-refractivity contribution < 1.29 is 42.9 Å². The number of allylic oxidation sites excluding steroid dienone is 4. The lowest BCUT2D eigenvalue weighted by atomic mass is 10.0. The molecule has 0 saturated heterocycles. The normalized spacial score (nSPS) is 12.9. The second-order valence-electron chi connectivity index (χ2n) is 20.3. The number of carboxylic acids is 1. The van der Waals surface area contributed by atoms with Crippen molar-refractivity contribution in [1.82, 2.24) is 0 Å². The molecule has 0 heterocycles. The maximum Gasteiger partial charge on any atom is 0.361 e. The molecule has 0 aliphatic rings. The van der Waals surface area contributed by atoms with Gasteiger partial charge in [0.1, 0.15) is 13.2 Å². The highest BCUT2D eigenvalue weighted by Gasteiger charge is 2.25. The minimum atomic E-state index is -1.51. The van der Waals surface area contributed by atoms with Crippen molar-refractivity contribution in [2.24, 2.45) is 0 Å². The Labute approximate surface area is 407 Å². The number of quaternary nitrogens is 1. The van der Waals surface area contributed by atoms with Gasteiger partial charge < -0.3 is 28.5 Å². The highest BCUT2D eigenvalue weighted by Crippen LogP contribution is 2.17. The first-order chi connectivity index (χ1) is 32.1. The number of ether oxygens (including phenoxy) is 4. The van der Waals surface area contributed by atoms with Crippen molar-refractivity contribution >= 4 is 17.9 Å². The first-order valence-corrected chi connectivity index (χ1v) is 28.0. The lowest BCUT2D eigenvalue weighted by Gasteiger charge is -2.25. The third-order valence-corrected chi connectivity index (χ3v) is 12.5.